The van der Waals surface area contributed by atoms with Gasteiger partial charge in [-0.05, 0) is 43.2 Å². The van der Waals surface area contributed by atoms with Crippen molar-refractivity contribution in [3.05, 3.63) is 35.4 Å². The Morgan fingerprint density at radius 2 is 1.85 bits per heavy atom. The first-order valence-corrected chi connectivity index (χ1v) is 7.48. The van der Waals surface area contributed by atoms with Crippen LogP contribution in [0.3, 0.4) is 0 Å². The van der Waals surface area contributed by atoms with Crippen LogP contribution in [0.1, 0.15) is 43.7 Å². The lowest BCUT2D eigenvalue weighted by molar-refractivity contribution is 0.117. The third-order valence-electron chi connectivity index (χ3n) is 3.97. The molecule has 4 heteroatoms. The number of hydrogen-bond donors (Lipinski definition) is 3. The highest BCUT2D eigenvalue weighted by Crippen LogP contribution is 2.18. The van der Waals surface area contributed by atoms with Crippen molar-refractivity contribution in [2.24, 2.45) is 0 Å². The first-order chi connectivity index (χ1) is 9.69. The van der Waals surface area contributed by atoms with Gasteiger partial charge in [-0.25, -0.2) is 4.79 Å². The van der Waals surface area contributed by atoms with Crippen LogP contribution in [0, 0.1) is 0 Å². The number of carbonyl (C=O) groups is 1. The normalized spacial score (nSPS) is 22.3. The molecule has 4 nitrogen and oxygen atoms in total. The van der Waals surface area contributed by atoms with Crippen molar-refractivity contribution in [3.8, 4) is 0 Å². The van der Waals surface area contributed by atoms with E-state index in [1.54, 1.807) is 0 Å². The van der Waals surface area contributed by atoms with Gasteiger partial charge >= 0.3 is 6.03 Å². The minimum atomic E-state index is -0.187. The molecular formula is C16H24N2O2. The number of benzene rings is 1. The zero-order valence-corrected chi connectivity index (χ0v) is 12.1. The highest BCUT2D eigenvalue weighted by Gasteiger charge is 2.20. The van der Waals surface area contributed by atoms with E-state index in [4.69, 9.17) is 0 Å². The zero-order chi connectivity index (χ0) is 14.4. The van der Waals surface area contributed by atoms with Crippen LogP contribution in [0.25, 0.3) is 0 Å². The van der Waals surface area contributed by atoms with E-state index < -0.39 is 0 Å². The van der Waals surface area contributed by atoms with Gasteiger partial charge in [-0.15, -0.1) is 0 Å². The lowest BCUT2D eigenvalue weighted by atomic mass is 9.93. The summed E-state index contributed by atoms with van der Waals surface area (Å²) in [6, 6.07) is 8.25. The van der Waals surface area contributed by atoms with Crippen LogP contribution in [-0.4, -0.2) is 23.3 Å². The van der Waals surface area contributed by atoms with Gasteiger partial charge in [0.25, 0.3) is 0 Å². The number of nitrogens with one attached hydrogen (secondary N) is 2. The maximum absolute atomic E-state index is 11.9. The van der Waals surface area contributed by atoms with Crippen LogP contribution in [-0.2, 0) is 13.0 Å². The molecule has 1 aliphatic carbocycles. The second kappa shape index (κ2) is 7.29. The summed E-state index contributed by atoms with van der Waals surface area (Å²) in [7, 11) is 0. The Kier molecular flexibility index (Phi) is 5.41. The molecule has 0 bridgehead atoms. The predicted molar refractivity (Wildman–Crippen MR) is 79.5 cm³/mol. The molecule has 1 fully saturated rings. The highest BCUT2D eigenvalue weighted by atomic mass is 16.3. The molecule has 2 amide bonds. The van der Waals surface area contributed by atoms with Gasteiger partial charge in [0.15, 0.2) is 0 Å². The van der Waals surface area contributed by atoms with Gasteiger partial charge in [-0.3, -0.25) is 0 Å². The summed E-state index contributed by atoms with van der Waals surface area (Å²) in [5.41, 5.74) is 2.44. The fraction of sp³-hybridized carbons (Fsp3) is 0.562. The summed E-state index contributed by atoms with van der Waals surface area (Å²) in [5, 5.41) is 15.3. The van der Waals surface area contributed by atoms with E-state index in [0.717, 1.165) is 32.1 Å². The fourth-order valence-corrected chi connectivity index (χ4v) is 2.71. The predicted octanol–water partition coefficient (Wildman–Crippen LogP) is 2.35. The summed E-state index contributed by atoms with van der Waals surface area (Å²) in [4.78, 5) is 11.9. The van der Waals surface area contributed by atoms with Crippen molar-refractivity contribution in [2.75, 3.05) is 0 Å². The van der Waals surface area contributed by atoms with Crippen molar-refractivity contribution in [1.82, 2.24) is 10.6 Å². The van der Waals surface area contributed by atoms with Gasteiger partial charge in [-0.2, -0.15) is 0 Å². The Morgan fingerprint density at radius 3 is 2.50 bits per heavy atom. The van der Waals surface area contributed by atoms with Crippen molar-refractivity contribution in [3.63, 3.8) is 0 Å². The van der Waals surface area contributed by atoms with E-state index in [2.05, 4.69) is 29.7 Å². The molecule has 0 saturated heterocycles. The number of amides is 2. The molecule has 0 aliphatic heterocycles. The largest absolute Gasteiger partial charge is 0.393 e. The molecule has 1 aromatic rings. The molecule has 0 spiro atoms. The highest BCUT2D eigenvalue weighted by molar-refractivity contribution is 5.74. The topological polar surface area (TPSA) is 61.4 Å². The van der Waals surface area contributed by atoms with Crippen molar-refractivity contribution in [1.29, 1.82) is 0 Å². The number of aliphatic hydroxyl groups excluding tert-OH is 1. The maximum Gasteiger partial charge on any atom is 0.315 e. The number of aliphatic hydroxyl groups is 1. The third-order valence-corrected chi connectivity index (χ3v) is 3.97. The van der Waals surface area contributed by atoms with Crippen LogP contribution in [0.15, 0.2) is 24.3 Å². The Labute approximate surface area is 120 Å². The Hall–Kier alpha value is -1.55. The van der Waals surface area contributed by atoms with Gasteiger partial charge in [0.2, 0.25) is 0 Å². The molecule has 3 N–H and O–H groups in total. The number of aryl methyl sites for hydroxylation is 1. The SMILES string of the molecule is CCc1ccccc1CNC(=O)NC1CCC(O)CC1. The molecule has 0 unspecified atom stereocenters. The Balaban J connectivity index is 1.77. The summed E-state index contributed by atoms with van der Waals surface area (Å²) in [5.74, 6) is 0. The molecule has 1 saturated carbocycles. The van der Waals surface area contributed by atoms with Gasteiger partial charge in [0.05, 0.1) is 6.10 Å². The second-order valence-corrected chi connectivity index (χ2v) is 5.45. The summed E-state index contributed by atoms with van der Waals surface area (Å²) in [6.45, 7) is 2.68. The van der Waals surface area contributed by atoms with Crippen LogP contribution < -0.4 is 10.6 Å². The molecule has 0 aromatic heterocycles. The monoisotopic (exact) mass is 276 g/mol. The number of rotatable bonds is 4. The van der Waals surface area contributed by atoms with Crippen LogP contribution in [0.4, 0.5) is 4.79 Å². The Bertz CT molecular complexity index is 440. The molecule has 1 aromatic carbocycles. The van der Waals surface area contributed by atoms with Gasteiger partial charge in [0.1, 0.15) is 0 Å². The van der Waals surface area contributed by atoms with Crippen LogP contribution in [0.5, 0.6) is 0 Å². The fourth-order valence-electron chi connectivity index (χ4n) is 2.71. The quantitative estimate of drug-likeness (QED) is 0.790. The van der Waals surface area contributed by atoms with Crippen molar-refractivity contribution in [2.45, 2.75) is 57.7 Å². The van der Waals surface area contributed by atoms with E-state index in [1.807, 2.05) is 12.1 Å². The second-order valence-electron chi connectivity index (χ2n) is 5.45. The summed E-state index contributed by atoms with van der Waals surface area (Å²) >= 11 is 0. The molecule has 110 valence electrons. The van der Waals surface area contributed by atoms with E-state index in [1.165, 1.54) is 11.1 Å². The molecule has 0 atom stereocenters. The number of carbonyl (C=O) groups excluding carboxylic acids is 1. The van der Waals surface area contributed by atoms with Crippen molar-refractivity contribution < 1.29 is 9.90 Å². The van der Waals surface area contributed by atoms with Gasteiger partial charge in [-0.1, -0.05) is 31.2 Å². The number of hydrogen-bond acceptors (Lipinski definition) is 2. The first-order valence-electron chi connectivity index (χ1n) is 7.48. The van der Waals surface area contributed by atoms with E-state index in [9.17, 15) is 9.90 Å². The van der Waals surface area contributed by atoms with E-state index in [-0.39, 0.29) is 18.2 Å². The molecule has 20 heavy (non-hydrogen) atoms. The summed E-state index contributed by atoms with van der Waals surface area (Å²) in [6.07, 6.45) is 4.07. The van der Waals surface area contributed by atoms with E-state index in [0.29, 0.717) is 6.54 Å². The van der Waals surface area contributed by atoms with E-state index >= 15 is 0 Å². The lowest BCUT2D eigenvalue weighted by Crippen LogP contribution is -2.43. The zero-order valence-electron chi connectivity index (χ0n) is 12.1. The minimum absolute atomic E-state index is 0.114. The lowest BCUT2D eigenvalue weighted by Gasteiger charge is -2.26. The smallest absolute Gasteiger partial charge is 0.315 e. The molecule has 0 radical (unpaired) electrons. The molecule has 0 heterocycles. The van der Waals surface area contributed by atoms with Gasteiger partial charge in [0, 0.05) is 12.6 Å². The van der Waals surface area contributed by atoms with Crippen LogP contribution in [0.2, 0.25) is 0 Å². The summed E-state index contributed by atoms with van der Waals surface area (Å²) < 4.78 is 0. The van der Waals surface area contributed by atoms with Gasteiger partial charge < -0.3 is 15.7 Å². The number of urea groups is 1. The first kappa shape index (κ1) is 14.9. The molecule has 2 rings (SSSR count). The minimum Gasteiger partial charge on any atom is -0.393 e. The molecular weight excluding hydrogens is 252 g/mol. The maximum atomic E-state index is 11.9. The third kappa shape index (κ3) is 4.23. The average Bonchev–Trinajstić information content (AvgIpc) is 2.48. The standard InChI is InChI=1S/C16H24N2O2/c1-2-12-5-3-4-6-13(12)11-17-16(20)18-14-7-9-15(19)10-8-14/h3-6,14-15,19H,2,7-11H2,1H3,(H2,17,18,20). The average molecular weight is 276 g/mol. The molecule has 1 aliphatic rings. The van der Waals surface area contributed by atoms with Crippen LogP contribution >= 0.6 is 0 Å². The van der Waals surface area contributed by atoms with Crippen molar-refractivity contribution >= 4 is 6.03 Å². The Morgan fingerprint density at radius 1 is 1.20 bits per heavy atom.